The van der Waals surface area contributed by atoms with Crippen LogP contribution in [0.2, 0.25) is 0 Å². The number of imide groups is 1. The van der Waals surface area contributed by atoms with Crippen LogP contribution in [0.3, 0.4) is 0 Å². The smallest absolute Gasteiger partial charge is 0.311 e. The van der Waals surface area contributed by atoms with E-state index in [1.807, 2.05) is 25.4 Å². The summed E-state index contributed by atoms with van der Waals surface area (Å²) in [7, 11) is 3.30. The number of nitro benzene ring substituents is 1. The number of nitro groups is 1. The van der Waals surface area contributed by atoms with Gasteiger partial charge < -0.3 is 19.4 Å². The SMILES string of the molecule is COc1cc(N2CCC(CN3CCN(c4ccc5c(c4)CN(C4CCC(=O)NC4=O)C5=O)CC3)CC2)c(-c2cnn(C)c2)cc1[N+](=O)[O-]. The highest BCUT2D eigenvalue weighted by Gasteiger charge is 2.39. The van der Waals surface area contributed by atoms with Crippen LogP contribution in [0.4, 0.5) is 17.1 Å². The maximum Gasteiger partial charge on any atom is 0.311 e. The van der Waals surface area contributed by atoms with Crippen LogP contribution in [0.1, 0.15) is 41.6 Å². The summed E-state index contributed by atoms with van der Waals surface area (Å²) in [4.78, 5) is 57.3. The molecule has 0 bridgehead atoms. The Morgan fingerprint density at radius 1 is 0.979 bits per heavy atom. The maximum absolute atomic E-state index is 13.1. The Labute approximate surface area is 278 Å². The second-order valence-electron chi connectivity index (χ2n) is 13.2. The molecule has 14 heteroatoms. The number of amides is 3. The summed E-state index contributed by atoms with van der Waals surface area (Å²) in [6.07, 6.45) is 6.26. The topological polar surface area (TPSA) is 146 Å². The van der Waals surface area contributed by atoms with Gasteiger partial charge in [0, 0.05) is 112 Å². The molecule has 1 unspecified atom stereocenters. The third kappa shape index (κ3) is 6.07. The lowest BCUT2D eigenvalue weighted by atomic mass is 9.94. The molecule has 14 nitrogen and oxygen atoms in total. The van der Waals surface area contributed by atoms with Crippen molar-refractivity contribution in [2.45, 2.75) is 38.3 Å². The third-order valence-corrected chi connectivity index (χ3v) is 10.2. The number of ether oxygens (including phenoxy) is 1. The summed E-state index contributed by atoms with van der Waals surface area (Å²) in [6.45, 7) is 6.78. The zero-order valence-electron chi connectivity index (χ0n) is 27.3. The van der Waals surface area contributed by atoms with Gasteiger partial charge in [0.05, 0.1) is 18.2 Å². The van der Waals surface area contributed by atoms with Crippen LogP contribution in [0, 0.1) is 16.0 Å². The van der Waals surface area contributed by atoms with Gasteiger partial charge in [-0.05, 0) is 48.9 Å². The van der Waals surface area contributed by atoms with Gasteiger partial charge in [0.15, 0.2) is 5.75 Å². The Kier molecular flexibility index (Phi) is 8.50. The largest absolute Gasteiger partial charge is 0.490 e. The summed E-state index contributed by atoms with van der Waals surface area (Å²) in [6, 6.07) is 8.74. The van der Waals surface area contributed by atoms with Crippen LogP contribution in [-0.2, 0) is 23.2 Å². The Bertz CT molecular complexity index is 1760. The molecule has 252 valence electrons. The summed E-state index contributed by atoms with van der Waals surface area (Å²) in [5, 5.41) is 18.4. The maximum atomic E-state index is 13.1. The number of aryl methyl sites for hydroxylation is 1. The second-order valence-corrected chi connectivity index (χ2v) is 13.2. The van der Waals surface area contributed by atoms with E-state index in [0.29, 0.717) is 24.4 Å². The standard InChI is InChI=1S/C34H40N8O6/c1-37-20-24(18-35-37)27-16-30(42(46)47)31(48-2)17-29(27)40-9-7-22(8-10-40)19-38-11-13-39(14-12-38)25-3-4-26-23(15-25)21-41(34(26)45)28-5-6-32(43)36-33(28)44/h3-4,15-18,20,22,28H,5-14,19,21H2,1-2H3,(H,36,43,44). The van der Waals surface area contributed by atoms with Gasteiger partial charge >= 0.3 is 5.69 Å². The number of piperazine rings is 1. The molecule has 3 amide bonds. The van der Waals surface area contributed by atoms with E-state index in [9.17, 15) is 24.5 Å². The molecule has 3 saturated heterocycles. The van der Waals surface area contributed by atoms with Crippen molar-refractivity contribution >= 4 is 34.8 Å². The summed E-state index contributed by atoms with van der Waals surface area (Å²) in [5.41, 5.74) is 5.12. The van der Waals surface area contributed by atoms with E-state index in [1.54, 1.807) is 27.9 Å². The molecular formula is C34H40N8O6. The van der Waals surface area contributed by atoms with Crippen molar-refractivity contribution in [3.63, 3.8) is 0 Å². The third-order valence-electron chi connectivity index (χ3n) is 10.2. The molecule has 1 aromatic heterocycles. The molecule has 3 aromatic rings. The van der Waals surface area contributed by atoms with Gasteiger partial charge in [-0.2, -0.15) is 5.10 Å². The molecular weight excluding hydrogens is 616 g/mol. The van der Waals surface area contributed by atoms with E-state index in [-0.39, 0.29) is 29.7 Å². The molecule has 4 aliphatic heterocycles. The van der Waals surface area contributed by atoms with Crippen molar-refractivity contribution in [3.05, 3.63) is 64.0 Å². The van der Waals surface area contributed by atoms with Crippen molar-refractivity contribution in [3.8, 4) is 16.9 Å². The van der Waals surface area contributed by atoms with E-state index >= 15 is 0 Å². The van der Waals surface area contributed by atoms with E-state index in [4.69, 9.17) is 4.74 Å². The van der Waals surface area contributed by atoms with Crippen LogP contribution in [0.15, 0.2) is 42.7 Å². The van der Waals surface area contributed by atoms with Crippen LogP contribution >= 0.6 is 0 Å². The lowest BCUT2D eigenvalue weighted by Crippen LogP contribution is -2.52. The molecule has 1 N–H and O–H groups in total. The van der Waals surface area contributed by atoms with Crippen molar-refractivity contribution in [1.29, 1.82) is 0 Å². The zero-order chi connectivity index (χ0) is 33.5. The predicted octanol–water partition coefficient (Wildman–Crippen LogP) is 2.80. The lowest BCUT2D eigenvalue weighted by molar-refractivity contribution is -0.385. The van der Waals surface area contributed by atoms with Gasteiger partial charge in [0.2, 0.25) is 11.8 Å². The van der Waals surface area contributed by atoms with Crippen molar-refractivity contribution in [1.82, 2.24) is 24.9 Å². The van der Waals surface area contributed by atoms with Gasteiger partial charge in [0.25, 0.3) is 5.91 Å². The van der Waals surface area contributed by atoms with E-state index in [2.05, 4.69) is 31.2 Å². The first-order valence-corrected chi connectivity index (χ1v) is 16.5. The van der Waals surface area contributed by atoms with Crippen molar-refractivity contribution in [2.24, 2.45) is 13.0 Å². The number of anilines is 2. The summed E-state index contributed by atoms with van der Waals surface area (Å²) in [5.74, 6) is -0.0208. The highest BCUT2D eigenvalue weighted by atomic mass is 16.6. The van der Waals surface area contributed by atoms with Gasteiger partial charge in [-0.25, -0.2) is 0 Å². The first kappa shape index (κ1) is 31.6. The number of rotatable bonds is 8. The minimum atomic E-state index is -0.610. The minimum Gasteiger partial charge on any atom is -0.490 e. The van der Waals surface area contributed by atoms with E-state index < -0.39 is 16.9 Å². The number of nitrogens with zero attached hydrogens (tertiary/aromatic N) is 7. The van der Waals surface area contributed by atoms with E-state index in [1.165, 1.54) is 7.11 Å². The van der Waals surface area contributed by atoms with Gasteiger partial charge in [-0.15, -0.1) is 0 Å². The van der Waals surface area contributed by atoms with E-state index in [0.717, 1.165) is 86.7 Å². The van der Waals surface area contributed by atoms with Gasteiger partial charge in [0.1, 0.15) is 6.04 Å². The summed E-state index contributed by atoms with van der Waals surface area (Å²) < 4.78 is 7.12. The minimum absolute atomic E-state index is 0.0586. The van der Waals surface area contributed by atoms with Gasteiger partial charge in [-0.3, -0.25) is 39.4 Å². The first-order chi connectivity index (χ1) is 23.2. The van der Waals surface area contributed by atoms with Crippen molar-refractivity contribution < 1.29 is 24.0 Å². The number of carbonyl (C=O) groups is 3. The molecule has 7 rings (SSSR count). The van der Waals surface area contributed by atoms with Gasteiger partial charge in [-0.1, -0.05) is 0 Å². The zero-order valence-corrected chi connectivity index (χ0v) is 27.3. The molecule has 2 aromatic carbocycles. The molecule has 3 fully saturated rings. The quantitative estimate of drug-likeness (QED) is 0.218. The lowest BCUT2D eigenvalue weighted by Gasteiger charge is -2.40. The normalized spacial score (nSPS) is 20.7. The molecule has 48 heavy (non-hydrogen) atoms. The molecule has 4 aliphatic rings. The second kappa shape index (κ2) is 12.9. The number of benzene rings is 2. The number of hydrogen-bond acceptors (Lipinski definition) is 10. The Balaban J connectivity index is 0.944. The number of fused-ring (bicyclic) bond motifs is 1. The van der Waals surface area contributed by atoms with Crippen LogP contribution in [0.5, 0.6) is 5.75 Å². The predicted molar refractivity (Wildman–Crippen MR) is 178 cm³/mol. The Morgan fingerprint density at radius 2 is 1.75 bits per heavy atom. The number of piperidine rings is 2. The highest BCUT2D eigenvalue weighted by molar-refractivity contribution is 6.05. The number of aromatic nitrogens is 2. The molecule has 0 spiro atoms. The average molecular weight is 657 g/mol. The monoisotopic (exact) mass is 656 g/mol. The average Bonchev–Trinajstić information content (AvgIpc) is 3.67. The molecule has 0 aliphatic carbocycles. The number of carbonyl (C=O) groups excluding carboxylic acids is 3. The highest BCUT2D eigenvalue weighted by Crippen LogP contribution is 2.41. The van der Waals surface area contributed by atoms with Crippen LogP contribution < -0.4 is 19.9 Å². The van der Waals surface area contributed by atoms with Crippen LogP contribution in [-0.4, -0.2) is 101 Å². The number of methoxy groups -OCH3 is 1. The first-order valence-electron chi connectivity index (χ1n) is 16.5. The fourth-order valence-electron chi connectivity index (χ4n) is 7.58. The fourth-order valence-corrected chi connectivity index (χ4v) is 7.58. The Hall–Kier alpha value is -4.98. The fraction of sp³-hybridized carbons (Fsp3) is 0.471. The molecule has 0 radical (unpaired) electrons. The molecule has 0 saturated carbocycles. The summed E-state index contributed by atoms with van der Waals surface area (Å²) >= 11 is 0. The molecule has 1 atom stereocenters. The van der Waals surface area contributed by atoms with Crippen LogP contribution in [0.25, 0.3) is 11.1 Å². The molecule has 5 heterocycles. The number of hydrogen-bond donors (Lipinski definition) is 1. The Morgan fingerprint density at radius 3 is 2.42 bits per heavy atom. The van der Waals surface area contributed by atoms with Crippen molar-refractivity contribution in [2.75, 3.05) is 62.7 Å². The number of nitrogens with one attached hydrogen (secondary N) is 1.